The third kappa shape index (κ3) is 4.93. The molecule has 0 aliphatic carbocycles. The second kappa shape index (κ2) is 8.66. The van der Waals surface area contributed by atoms with Crippen molar-refractivity contribution in [2.45, 2.75) is 12.5 Å². The predicted octanol–water partition coefficient (Wildman–Crippen LogP) is 2.43. The molecule has 0 saturated carbocycles. The van der Waals surface area contributed by atoms with Crippen LogP contribution < -0.4 is 16.0 Å². The molecular formula is C17H24N4S. The van der Waals surface area contributed by atoms with Gasteiger partial charge in [0.1, 0.15) is 0 Å². The summed E-state index contributed by atoms with van der Waals surface area (Å²) < 4.78 is 0. The minimum Gasteiger partial charge on any atom is -0.380 e. The second-order valence-electron chi connectivity index (χ2n) is 5.36. The Bertz CT molecular complexity index is 562. The third-order valence-corrected chi connectivity index (χ3v) is 3.99. The van der Waals surface area contributed by atoms with Crippen LogP contribution in [0.25, 0.3) is 0 Å². The van der Waals surface area contributed by atoms with Gasteiger partial charge in [0.2, 0.25) is 0 Å². The van der Waals surface area contributed by atoms with Crippen LogP contribution in [0.5, 0.6) is 0 Å². The molecule has 1 heterocycles. The molecule has 0 bridgehead atoms. The van der Waals surface area contributed by atoms with Crippen LogP contribution in [0.15, 0.2) is 48.7 Å². The SMILES string of the molecule is CN(CCc1ccccc1)c1ncccc1NCC(N)CS. The first-order valence-electron chi connectivity index (χ1n) is 7.51. The maximum Gasteiger partial charge on any atom is 0.151 e. The molecule has 0 aliphatic heterocycles. The van der Waals surface area contributed by atoms with Crippen molar-refractivity contribution in [3.8, 4) is 0 Å². The number of hydrogen-bond acceptors (Lipinski definition) is 5. The number of hydrogen-bond donors (Lipinski definition) is 3. The summed E-state index contributed by atoms with van der Waals surface area (Å²) in [6, 6.07) is 14.5. The summed E-state index contributed by atoms with van der Waals surface area (Å²) in [5.74, 6) is 1.61. The fraction of sp³-hybridized carbons (Fsp3) is 0.353. The summed E-state index contributed by atoms with van der Waals surface area (Å²) in [6.07, 6.45) is 2.81. The van der Waals surface area contributed by atoms with Crippen LogP contribution in [-0.4, -0.2) is 36.9 Å². The van der Waals surface area contributed by atoms with E-state index in [0.29, 0.717) is 12.3 Å². The van der Waals surface area contributed by atoms with Gasteiger partial charge in [-0.3, -0.25) is 0 Å². The van der Waals surface area contributed by atoms with E-state index >= 15 is 0 Å². The second-order valence-corrected chi connectivity index (χ2v) is 5.72. The largest absolute Gasteiger partial charge is 0.380 e. The topological polar surface area (TPSA) is 54.2 Å². The predicted molar refractivity (Wildman–Crippen MR) is 98.0 cm³/mol. The van der Waals surface area contributed by atoms with E-state index in [1.807, 2.05) is 24.4 Å². The molecule has 22 heavy (non-hydrogen) atoms. The molecule has 4 nitrogen and oxygen atoms in total. The lowest BCUT2D eigenvalue weighted by Gasteiger charge is -2.22. The van der Waals surface area contributed by atoms with Gasteiger partial charge in [-0.15, -0.1) is 0 Å². The number of nitrogens with two attached hydrogens (primary N) is 1. The number of rotatable bonds is 8. The Labute approximate surface area is 138 Å². The molecule has 0 spiro atoms. The monoisotopic (exact) mass is 316 g/mol. The molecule has 0 fully saturated rings. The number of nitrogens with zero attached hydrogens (tertiary/aromatic N) is 2. The maximum absolute atomic E-state index is 5.91. The summed E-state index contributed by atoms with van der Waals surface area (Å²) in [4.78, 5) is 6.67. The molecule has 0 amide bonds. The molecule has 2 rings (SSSR count). The Kier molecular flexibility index (Phi) is 6.55. The lowest BCUT2D eigenvalue weighted by molar-refractivity contribution is 0.790. The first-order chi connectivity index (χ1) is 10.7. The quantitative estimate of drug-likeness (QED) is 0.655. The number of nitrogens with one attached hydrogen (secondary N) is 1. The molecule has 0 aliphatic rings. The average Bonchev–Trinajstić information content (AvgIpc) is 2.58. The van der Waals surface area contributed by atoms with Gasteiger partial charge in [-0.25, -0.2) is 4.98 Å². The molecule has 0 radical (unpaired) electrons. The van der Waals surface area contributed by atoms with E-state index in [0.717, 1.165) is 24.5 Å². The van der Waals surface area contributed by atoms with Crippen molar-refractivity contribution < 1.29 is 0 Å². The standard InChI is InChI=1S/C17H24N4S/c1-21(11-9-14-6-3-2-4-7-14)17-16(8-5-10-19-17)20-12-15(18)13-22/h2-8,10,15,20,22H,9,11-13,18H2,1H3. The number of benzene rings is 1. The first-order valence-corrected chi connectivity index (χ1v) is 8.14. The molecule has 3 N–H and O–H groups in total. The molecule has 118 valence electrons. The van der Waals surface area contributed by atoms with Gasteiger partial charge in [0.25, 0.3) is 0 Å². The lowest BCUT2D eigenvalue weighted by atomic mass is 10.1. The van der Waals surface area contributed by atoms with Crippen molar-refractivity contribution in [3.05, 3.63) is 54.2 Å². The summed E-state index contributed by atoms with van der Waals surface area (Å²) in [6.45, 7) is 1.60. The van der Waals surface area contributed by atoms with Gasteiger partial charge < -0.3 is 16.0 Å². The fourth-order valence-electron chi connectivity index (χ4n) is 2.19. The number of likely N-dealkylation sites (N-methyl/N-ethyl adjacent to an activating group) is 1. The van der Waals surface area contributed by atoms with Crippen molar-refractivity contribution >= 4 is 24.1 Å². The number of pyridine rings is 1. The molecule has 5 heteroatoms. The van der Waals surface area contributed by atoms with Crippen molar-refractivity contribution in [3.63, 3.8) is 0 Å². The summed E-state index contributed by atoms with van der Waals surface area (Å²) >= 11 is 4.21. The van der Waals surface area contributed by atoms with Crippen molar-refractivity contribution in [1.82, 2.24) is 4.98 Å². The van der Waals surface area contributed by atoms with Gasteiger partial charge in [-0.1, -0.05) is 30.3 Å². The van der Waals surface area contributed by atoms with Gasteiger partial charge in [-0.05, 0) is 24.1 Å². The van der Waals surface area contributed by atoms with Gasteiger partial charge in [0, 0.05) is 38.1 Å². The zero-order chi connectivity index (χ0) is 15.8. The van der Waals surface area contributed by atoms with Crippen LogP contribution in [0.3, 0.4) is 0 Å². The molecule has 1 unspecified atom stereocenters. The van der Waals surface area contributed by atoms with Crippen molar-refractivity contribution in [2.24, 2.45) is 5.73 Å². The molecular weight excluding hydrogens is 292 g/mol. The van der Waals surface area contributed by atoms with E-state index in [9.17, 15) is 0 Å². The number of aromatic nitrogens is 1. The van der Waals surface area contributed by atoms with E-state index in [4.69, 9.17) is 5.73 Å². The molecule has 2 aromatic rings. The van der Waals surface area contributed by atoms with Crippen LogP contribution in [0.1, 0.15) is 5.56 Å². The number of thiol groups is 1. The summed E-state index contributed by atoms with van der Waals surface area (Å²) in [7, 11) is 2.06. The zero-order valence-corrected chi connectivity index (χ0v) is 13.8. The third-order valence-electron chi connectivity index (χ3n) is 3.52. The minimum absolute atomic E-state index is 0.0333. The van der Waals surface area contributed by atoms with Gasteiger partial charge >= 0.3 is 0 Å². The highest BCUT2D eigenvalue weighted by atomic mass is 32.1. The van der Waals surface area contributed by atoms with Crippen LogP contribution in [0.4, 0.5) is 11.5 Å². The fourth-order valence-corrected chi connectivity index (χ4v) is 2.32. The van der Waals surface area contributed by atoms with Gasteiger partial charge in [-0.2, -0.15) is 12.6 Å². The Morgan fingerprint density at radius 1 is 1.23 bits per heavy atom. The van der Waals surface area contributed by atoms with Crippen molar-refractivity contribution in [1.29, 1.82) is 0 Å². The van der Waals surface area contributed by atoms with E-state index in [1.54, 1.807) is 0 Å². The highest BCUT2D eigenvalue weighted by Gasteiger charge is 2.09. The van der Waals surface area contributed by atoms with Crippen molar-refractivity contribution in [2.75, 3.05) is 36.1 Å². The smallest absolute Gasteiger partial charge is 0.151 e. The highest BCUT2D eigenvalue weighted by molar-refractivity contribution is 7.80. The molecule has 1 atom stereocenters. The maximum atomic E-state index is 5.91. The van der Waals surface area contributed by atoms with E-state index in [-0.39, 0.29) is 6.04 Å². The molecule has 1 aromatic carbocycles. The minimum atomic E-state index is 0.0333. The molecule has 1 aromatic heterocycles. The average molecular weight is 316 g/mol. The Morgan fingerprint density at radius 2 is 2.00 bits per heavy atom. The first kappa shape index (κ1) is 16.6. The summed E-state index contributed by atoms with van der Waals surface area (Å²) in [5, 5.41) is 3.36. The van der Waals surface area contributed by atoms with Crippen LogP contribution >= 0.6 is 12.6 Å². The van der Waals surface area contributed by atoms with E-state index < -0.39 is 0 Å². The van der Waals surface area contributed by atoms with E-state index in [1.165, 1.54) is 5.56 Å². The number of anilines is 2. The van der Waals surface area contributed by atoms with Crippen LogP contribution in [0, 0.1) is 0 Å². The Balaban J connectivity index is 1.98. The summed E-state index contributed by atoms with van der Waals surface area (Å²) in [5.41, 5.74) is 8.25. The Morgan fingerprint density at radius 3 is 2.73 bits per heavy atom. The normalized spacial score (nSPS) is 12.0. The van der Waals surface area contributed by atoms with Crippen LogP contribution in [-0.2, 0) is 6.42 Å². The molecule has 0 saturated heterocycles. The van der Waals surface area contributed by atoms with Gasteiger partial charge in [0.15, 0.2) is 5.82 Å². The Hall–Kier alpha value is -1.72. The van der Waals surface area contributed by atoms with Crippen LogP contribution in [0.2, 0.25) is 0 Å². The zero-order valence-electron chi connectivity index (χ0n) is 12.9. The van der Waals surface area contributed by atoms with E-state index in [2.05, 4.69) is 59.1 Å². The highest BCUT2D eigenvalue weighted by Crippen LogP contribution is 2.21. The lowest BCUT2D eigenvalue weighted by Crippen LogP contribution is -2.31. The van der Waals surface area contributed by atoms with Gasteiger partial charge in [0.05, 0.1) is 5.69 Å².